The zero-order chi connectivity index (χ0) is 15.4. The van der Waals surface area contributed by atoms with Gasteiger partial charge in [-0.1, -0.05) is 0 Å². The van der Waals surface area contributed by atoms with E-state index in [1.165, 1.54) is 4.57 Å². The van der Waals surface area contributed by atoms with Gasteiger partial charge >= 0.3 is 5.69 Å². The monoisotopic (exact) mass is 292 g/mol. The van der Waals surface area contributed by atoms with Crippen LogP contribution in [0.3, 0.4) is 0 Å². The topological polar surface area (TPSA) is 106 Å². The second-order valence-corrected chi connectivity index (χ2v) is 4.93. The average molecular weight is 292 g/mol. The molecule has 0 bridgehead atoms. The molecule has 2 aromatic rings. The first-order valence-electron chi connectivity index (χ1n) is 6.94. The van der Waals surface area contributed by atoms with Crippen molar-refractivity contribution in [2.75, 3.05) is 11.1 Å². The fourth-order valence-electron chi connectivity index (χ4n) is 2.17. The van der Waals surface area contributed by atoms with Crippen LogP contribution in [-0.2, 0) is 13.0 Å². The Morgan fingerprint density at radius 2 is 2.24 bits per heavy atom. The molecule has 0 radical (unpaired) electrons. The van der Waals surface area contributed by atoms with Crippen molar-refractivity contribution >= 4 is 11.5 Å². The van der Waals surface area contributed by atoms with Gasteiger partial charge in [0, 0.05) is 19.0 Å². The van der Waals surface area contributed by atoms with Gasteiger partial charge in [-0.3, -0.25) is 14.3 Å². The predicted molar refractivity (Wildman–Crippen MR) is 81.5 cm³/mol. The first-order chi connectivity index (χ1) is 10.0. The fourth-order valence-corrected chi connectivity index (χ4v) is 2.17. The van der Waals surface area contributed by atoms with E-state index in [9.17, 15) is 9.59 Å². The molecule has 0 saturated carbocycles. The number of aromatic nitrogens is 2. The number of rotatable bonds is 6. The van der Waals surface area contributed by atoms with Crippen LogP contribution in [0.1, 0.15) is 26.0 Å². The molecule has 0 aromatic carbocycles. The van der Waals surface area contributed by atoms with Gasteiger partial charge < -0.3 is 15.5 Å². The Labute approximate surface area is 121 Å². The number of nitrogen functional groups attached to an aromatic ring is 1. The number of nitrogens with one attached hydrogen (secondary N) is 2. The van der Waals surface area contributed by atoms with E-state index < -0.39 is 11.2 Å². The van der Waals surface area contributed by atoms with Gasteiger partial charge in [0.2, 0.25) is 0 Å². The van der Waals surface area contributed by atoms with Crippen molar-refractivity contribution in [3.63, 3.8) is 0 Å². The van der Waals surface area contributed by atoms with Gasteiger partial charge in [-0.15, -0.1) is 0 Å². The van der Waals surface area contributed by atoms with Crippen LogP contribution in [0.15, 0.2) is 32.4 Å². The van der Waals surface area contributed by atoms with Crippen molar-refractivity contribution in [1.29, 1.82) is 0 Å². The molecule has 0 aliphatic heterocycles. The van der Waals surface area contributed by atoms with E-state index in [0.29, 0.717) is 6.54 Å². The third kappa shape index (κ3) is 3.36. The number of H-pyrrole nitrogens is 1. The third-order valence-electron chi connectivity index (χ3n) is 3.35. The first kappa shape index (κ1) is 15.0. The Kier molecular flexibility index (Phi) is 4.52. The second-order valence-electron chi connectivity index (χ2n) is 4.93. The second kappa shape index (κ2) is 6.34. The van der Waals surface area contributed by atoms with Gasteiger partial charge in [0.15, 0.2) is 0 Å². The van der Waals surface area contributed by atoms with Crippen molar-refractivity contribution in [2.24, 2.45) is 0 Å². The van der Waals surface area contributed by atoms with Crippen molar-refractivity contribution in [2.45, 2.75) is 39.3 Å². The highest BCUT2D eigenvalue weighted by Crippen LogP contribution is 2.14. The molecular formula is C14H20N4O3. The summed E-state index contributed by atoms with van der Waals surface area (Å²) in [5.74, 6) is 1.06. The van der Waals surface area contributed by atoms with E-state index in [2.05, 4.69) is 10.3 Å². The number of aromatic amines is 1. The molecule has 0 saturated heterocycles. The Hall–Kier alpha value is -2.44. The Bertz CT molecular complexity index is 700. The van der Waals surface area contributed by atoms with Crippen LogP contribution in [0.4, 0.5) is 11.5 Å². The van der Waals surface area contributed by atoms with Crippen molar-refractivity contribution < 1.29 is 4.42 Å². The smallest absolute Gasteiger partial charge is 0.330 e. The van der Waals surface area contributed by atoms with E-state index in [-0.39, 0.29) is 17.5 Å². The van der Waals surface area contributed by atoms with Crippen LogP contribution >= 0.6 is 0 Å². The molecule has 0 amide bonds. The summed E-state index contributed by atoms with van der Waals surface area (Å²) in [4.78, 5) is 25.7. The minimum Gasteiger partial charge on any atom is -0.469 e. The molecule has 2 aromatic heterocycles. The van der Waals surface area contributed by atoms with Crippen LogP contribution in [0, 0.1) is 0 Å². The summed E-state index contributed by atoms with van der Waals surface area (Å²) in [6.45, 7) is 4.14. The number of hydrogen-bond acceptors (Lipinski definition) is 5. The minimum absolute atomic E-state index is 0.0151. The number of nitrogens with zero attached hydrogens (tertiary/aromatic N) is 1. The number of hydrogen-bond donors (Lipinski definition) is 3. The van der Waals surface area contributed by atoms with E-state index in [0.717, 1.165) is 18.6 Å². The van der Waals surface area contributed by atoms with Gasteiger partial charge in [0.25, 0.3) is 5.56 Å². The summed E-state index contributed by atoms with van der Waals surface area (Å²) in [5, 5.41) is 3.07. The zero-order valence-corrected chi connectivity index (χ0v) is 12.2. The number of aryl methyl sites for hydroxylation is 1. The van der Waals surface area contributed by atoms with Crippen LogP contribution in [0.5, 0.6) is 0 Å². The summed E-state index contributed by atoms with van der Waals surface area (Å²) in [6.07, 6.45) is 3.16. The molecule has 21 heavy (non-hydrogen) atoms. The van der Waals surface area contributed by atoms with Gasteiger partial charge in [0.1, 0.15) is 17.3 Å². The molecule has 0 aliphatic carbocycles. The van der Waals surface area contributed by atoms with Gasteiger partial charge in [-0.05, 0) is 32.4 Å². The Balaban J connectivity index is 2.12. The lowest BCUT2D eigenvalue weighted by Crippen LogP contribution is -2.35. The maximum atomic E-state index is 11.9. The highest BCUT2D eigenvalue weighted by Gasteiger charge is 2.13. The van der Waals surface area contributed by atoms with Crippen molar-refractivity contribution in [1.82, 2.24) is 9.55 Å². The molecule has 114 valence electrons. The van der Waals surface area contributed by atoms with Crippen molar-refractivity contribution in [3.05, 3.63) is 45.0 Å². The number of nitrogens with two attached hydrogens (primary N) is 1. The van der Waals surface area contributed by atoms with Crippen molar-refractivity contribution in [3.8, 4) is 0 Å². The predicted octanol–water partition coefficient (Wildman–Crippen LogP) is 1.16. The molecule has 2 heterocycles. The maximum absolute atomic E-state index is 11.9. The summed E-state index contributed by atoms with van der Waals surface area (Å²) in [5.41, 5.74) is 5.15. The van der Waals surface area contributed by atoms with E-state index in [4.69, 9.17) is 10.2 Å². The van der Waals surface area contributed by atoms with Crippen LogP contribution in [-0.4, -0.2) is 15.6 Å². The summed E-state index contributed by atoms with van der Waals surface area (Å²) >= 11 is 0. The molecular weight excluding hydrogens is 272 g/mol. The SMILES string of the molecule is CCn1c(N)c(NC(C)CCc2ccco2)c(=O)[nH]c1=O. The minimum atomic E-state index is -0.493. The standard InChI is InChI=1S/C14H20N4O3/c1-3-18-12(15)11(13(19)17-14(18)20)16-9(2)6-7-10-5-4-8-21-10/h4-5,8-9,16H,3,6-7,15H2,1-2H3,(H,17,19,20). The molecule has 4 N–H and O–H groups in total. The lowest BCUT2D eigenvalue weighted by Gasteiger charge is -2.17. The maximum Gasteiger partial charge on any atom is 0.330 e. The third-order valence-corrected chi connectivity index (χ3v) is 3.35. The summed E-state index contributed by atoms with van der Waals surface area (Å²) in [6, 6.07) is 3.76. The zero-order valence-electron chi connectivity index (χ0n) is 12.2. The number of anilines is 2. The molecule has 7 nitrogen and oxygen atoms in total. The lowest BCUT2D eigenvalue weighted by atomic mass is 10.1. The highest BCUT2D eigenvalue weighted by molar-refractivity contribution is 5.60. The van der Waals surface area contributed by atoms with E-state index in [1.807, 2.05) is 19.1 Å². The molecule has 0 spiro atoms. The van der Waals surface area contributed by atoms with E-state index >= 15 is 0 Å². The van der Waals surface area contributed by atoms with Crippen LogP contribution in [0.25, 0.3) is 0 Å². The van der Waals surface area contributed by atoms with Gasteiger partial charge in [-0.25, -0.2) is 4.79 Å². The molecule has 0 fully saturated rings. The highest BCUT2D eigenvalue weighted by atomic mass is 16.3. The lowest BCUT2D eigenvalue weighted by molar-refractivity contribution is 0.495. The van der Waals surface area contributed by atoms with Crippen LogP contribution < -0.4 is 22.3 Å². The molecule has 7 heteroatoms. The molecule has 1 atom stereocenters. The Morgan fingerprint density at radius 3 is 2.86 bits per heavy atom. The normalized spacial score (nSPS) is 12.3. The Morgan fingerprint density at radius 1 is 1.48 bits per heavy atom. The largest absolute Gasteiger partial charge is 0.469 e. The molecule has 1 unspecified atom stereocenters. The van der Waals surface area contributed by atoms with E-state index in [1.54, 1.807) is 13.2 Å². The fraction of sp³-hybridized carbons (Fsp3) is 0.429. The molecule has 2 rings (SSSR count). The quantitative estimate of drug-likeness (QED) is 0.741. The summed E-state index contributed by atoms with van der Waals surface area (Å²) < 4.78 is 6.59. The van der Waals surface area contributed by atoms with Crippen LogP contribution in [0.2, 0.25) is 0 Å². The average Bonchev–Trinajstić information content (AvgIpc) is 2.95. The van der Waals surface area contributed by atoms with Gasteiger partial charge in [-0.2, -0.15) is 0 Å². The summed E-state index contributed by atoms with van der Waals surface area (Å²) in [7, 11) is 0. The molecule has 0 aliphatic rings. The number of furan rings is 1. The van der Waals surface area contributed by atoms with Gasteiger partial charge in [0.05, 0.1) is 6.26 Å². The first-order valence-corrected chi connectivity index (χ1v) is 6.94.